The molecule has 0 radical (unpaired) electrons. The molecule has 1 aliphatic heterocycles. The Bertz CT molecular complexity index is 637. The SMILES string of the molecule is Cn1c2c(c(=O)n(C)c1=O)[NH+](C)C(SCCO)=N2.[Cl-]. The molecule has 0 saturated heterocycles. The van der Waals surface area contributed by atoms with Crippen LogP contribution in [0.15, 0.2) is 14.6 Å². The van der Waals surface area contributed by atoms with Crippen molar-refractivity contribution in [3.05, 3.63) is 20.8 Å². The van der Waals surface area contributed by atoms with Crippen LogP contribution in [0, 0.1) is 0 Å². The van der Waals surface area contributed by atoms with E-state index < -0.39 is 0 Å². The van der Waals surface area contributed by atoms with Gasteiger partial charge in [-0.25, -0.2) is 9.69 Å². The number of aromatic nitrogens is 2. The van der Waals surface area contributed by atoms with Crippen molar-refractivity contribution in [3.8, 4) is 0 Å². The van der Waals surface area contributed by atoms with Crippen LogP contribution in [0.5, 0.6) is 0 Å². The van der Waals surface area contributed by atoms with Gasteiger partial charge in [0.05, 0.1) is 13.7 Å². The van der Waals surface area contributed by atoms with E-state index in [4.69, 9.17) is 5.11 Å². The van der Waals surface area contributed by atoms with Crippen LogP contribution in [-0.2, 0) is 14.1 Å². The smallest absolute Gasteiger partial charge is 0.332 e. The van der Waals surface area contributed by atoms with E-state index >= 15 is 0 Å². The zero-order valence-electron chi connectivity index (χ0n) is 10.8. The summed E-state index contributed by atoms with van der Waals surface area (Å²) in [4.78, 5) is 28.9. The third-order valence-electron chi connectivity index (χ3n) is 2.87. The van der Waals surface area contributed by atoms with Gasteiger partial charge in [0.25, 0.3) is 5.17 Å². The fourth-order valence-corrected chi connectivity index (χ4v) is 2.62. The maximum absolute atomic E-state index is 12.1. The summed E-state index contributed by atoms with van der Waals surface area (Å²) in [5.74, 6) is 0.916. The number of aliphatic hydroxyl groups is 1. The van der Waals surface area contributed by atoms with Crippen molar-refractivity contribution in [1.29, 1.82) is 0 Å². The number of hydrogen-bond acceptors (Lipinski definition) is 5. The highest BCUT2D eigenvalue weighted by Gasteiger charge is 2.33. The van der Waals surface area contributed by atoms with Crippen LogP contribution < -0.4 is 28.6 Å². The second kappa shape index (κ2) is 5.91. The first-order valence-corrected chi connectivity index (χ1v) is 6.44. The van der Waals surface area contributed by atoms with Gasteiger partial charge < -0.3 is 17.5 Å². The van der Waals surface area contributed by atoms with Crippen molar-refractivity contribution in [2.75, 3.05) is 19.4 Å². The lowest BCUT2D eigenvalue weighted by molar-refractivity contribution is -0.697. The van der Waals surface area contributed by atoms with E-state index in [9.17, 15) is 9.59 Å². The third kappa shape index (κ3) is 2.48. The Balaban J connectivity index is 0.00000180. The Morgan fingerprint density at radius 1 is 1.32 bits per heavy atom. The van der Waals surface area contributed by atoms with Crippen molar-refractivity contribution in [1.82, 2.24) is 9.13 Å². The van der Waals surface area contributed by atoms with Crippen LogP contribution in [0.3, 0.4) is 0 Å². The lowest BCUT2D eigenvalue weighted by Gasteiger charge is -2.09. The van der Waals surface area contributed by atoms with Crippen LogP contribution in [0.25, 0.3) is 0 Å². The van der Waals surface area contributed by atoms with Crippen LogP contribution in [-0.4, -0.2) is 38.8 Å². The first-order chi connectivity index (χ1) is 8.49. The predicted octanol–water partition coefficient (Wildman–Crippen LogP) is -5.04. The molecule has 2 N–H and O–H groups in total. The van der Waals surface area contributed by atoms with Gasteiger partial charge in [0.15, 0.2) is 0 Å². The molecule has 0 spiro atoms. The number of aliphatic hydroxyl groups excluding tert-OH is 1. The van der Waals surface area contributed by atoms with Crippen LogP contribution >= 0.6 is 11.8 Å². The molecule has 1 aromatic rings. The molecule has 9 heteroatoms. The summed E-state index contributed by atoms with van der Waals surface area (Å²) >= 11 is 1.38. The Labute approximate surface area is 120 Å². The minimum absolute atomic E-state index is 0. The number of nitrogens with one attached hydrogen (secondary N) is 1. The zero-order chi connectivity index (χ0) is 13.4. The van der Waals surface area contributed by atoms with Gasteiger partial charge in [0.2, 0.25) is 11.5 Å². The first kappa shape index (κ1) is 16.0. The number of amidine groups is 1. The lowest BCUT2D eigenvalue weighted by Crippen LogP contribution is -3.06. The number of rotatable bonds is 2. The number of nitrogens with zero attached hydrogens (tertiary/aromatic N) is 3. The first-order valence-electron chi connectivity index (χ1n) is 5.45. The fourth-order valence-electron chi connectivity index (χ4n) is 1.86. The molecule has 2 heterocycles. The van der Waals surface area contributed by atoms with Gasteiger partial charge in [-0.2, -0.15) is 4.99 Å². The maximum atomic E-state index is 12.1. The minimum Gasteiger partial charge on any atom is -1.00 e. The largest absolute Gasteiger partial charge is 1.00 e. The van der Waals surface area contributed by atoms with E-state index in [0.717, 1.165) is 9.47 Å². The zero-order valence-corrected chi connectivity index (χ0v) is 12.4. The fraction of sp³-hybridized carbons (Fsp3) is 0.500. The molecular formula is C10H15ClN4O3S. The normalized spacial score (nSPS) is 16.8. The van der Waals surface area contributed by atoms with Gasteiger partial charge in [0, 0.05) is 19.8 Å². The van der Waals surface area contributed by atoms with Crippen LogP contribution in [0.2, 0.25) is 0 Å². The molecule has 19 heavy (non-hydrogen) atoms. The molecule has 1 aliphatic rings. The monoisotopic (exact) mass is 306 g/mol. The lowest BCUT2D eigenvalue weighted by atomic mass is 10.4. The number of halogens is 1. The molecule has 0 aliphatic carbocycles. The Morgan fingerprint density at radius 3 is 2.53 bits per heavy atom. The molecular weight excluding hydrogens is 292 g/mol. The summed E-state index contributed by atoms with van der Waals surface area (Å²) in [5.41, 5.74) is -0.238. The van der Waals surface area contributed by atoms with E-state index in [1.54, 1.807) is 14.1 Å². The van der Waals surface area contributed by atoms with Crippen molar-refractivity contribution in [2.24, 2.45) is 19.1 Å². The van der Waals surface area contributed by atoms with E-state index in [-0.39, 0.29) is 30.3 Å². The van der Waals surface area contributed by atoms with Crippen molar-refractivity contribution < 1.29 is 22.4 Å². The molecule has 0 saturated carbocycles. The topological polar surface area (TPSA) is 81.0 Å². The highest BCUT2D eigenvalue weighted by Crippen LogP contribution is 2.21. The van der Waals surface area contributed by atoms with Crippen molar-refractivity contribution in [2.45, 2.75) is 0 Å². The minimum atomic E-state index is -0.385. The van der Waals surface area contributed by atoms with E-state index in [1.165, 1.54) is 23.4 Å². The van der Waals surface area contributed by atoms with Gasteiger partial charge in [-0.15, -0.1) is 0 Å². The summed E-state index contributed by atoms with van der Waals surface area (Å²) in [7, 11) is 4.86. The number of quaternary nitrogens is 1. The van der Waals surface area contributed by atoms with Crippen LogP contribution in [0.4, 0.5) is 11.5 Å². The summed E-state index contributed by atoms with van der Waals surface area (Å²) in [5, 5.41) is 9.51. The van der Waals surface area contributed by atoms with Crippen LogP contribution in [0.1, 0.15) is 0 Å². The standard InChI is InChI=1S/C10H14N4O3S.ClH/c1-12-6-7(11-9(12)18-5-4-15)13(2)10(17)14(3)8(6)16;/h15H,4-5H2,1-3H3;1H. The van der Waals surface area contributed by atoms with Gasteiger partial charge in [0.1, 0.15) is 0 Å². The summed E-state index contributed by atoms with van der Waals surface area (Å²) < 4.78 is 2.45. The second-order valence-electron chi connectivity index (χ2n) is 4.02. The molecule has 2 rings (SSSR count). The molecule has 1 unspecified atom stereocenters. The molecule has 0 fully saturated rings. The van der Waals surface area contributed by atoms with E-state index in [0.29, 0.717) is 22.4 Å². The molecule has 0 aromatic carbocycles. The third-order valence-corrected chi connectivity index (χ3v) is 3.92. The average Bonchev–Trinajstić information content (AvgIpc) is 2.69. The second-order valence-corrected chi connectivity index (χ2v) is 5.10. The quantitative estimate of drug-likeness (QED) is 0.573. The Kier molecular flexibility index (Phi) is 4.97. The van der Waals surface area contributed by atoms with Gasteiger partial charge in [-0.1, -0.05) is 0 Å². The molecule has 1 atom stereocenters. The average molecular weight is 307 g/mol. The Hall–Kier alpha value is -1.09. The molecule has 0 amide bonds. The molecule has 1 aromatic heterocycles. The summed E-state index contributed by atoms with van der Waals surface area (Å²) in [6, 6.07) is 0. The van der Waals surface area contributed by atoms with Gasteiger partial charge in [-0.05, 0) is 11.8 Å². The van der Waals surface area contributed by atoms with Crippen molar-refractivity contribution >= 4 is 28.4 Å². The number of hydrogen-bond donors (Lipinski definition) is 2. The number of aliphatic imine (C=N–C) groups is 1. The predicted molar refractivity (Wildman–Crippen MR) is 70.1 cm³/mol. The number of thioether (sulfide) groups is 1. The Morgan fingerprint density at radius 2 is 1.95 bits per heavy atom. The molecule has 106 valence electrons. The highest BCUT2D eigenvalue weighted by molar-refractivity contribution is 8.13. The van der Waals surface area contributed by atoms with E-state index in [1.807, 2.05) is 0 Å². The number of fused-ring (bicyclic) bond motifs is 1. The molecule has 0 bridgehead atoms. The summed E-state index contributed by atoms with van der Waals surface area (Å²) in [6.07, 6.45) is 0. The van der Waals surface area contributed by atoms with Gasteiger partial charge >= 0.3 is 11.2 Å². The van der Waals surface area contributed by atoms with E-state index in [2.05, 4.69) is 4.99 Å². The molecule has 7 nitrogen and oxygen atoms in total. The van der Waals surface area contributed by atoms with Crippen molar-refractivity contribution in [3.63, 3.8) is 0 Å². The van der Waals surface area contributed by atoms with Gasteiger partial charge in [-0.3, -0.25) is 13.9 Å². The summed E-state index contributed by atoms with van der Waals surface area (Å²) in [6.45, 7) is 0.0459. The highest BCUT2D eigenvalue weighted by atomic mass is 35.5. The maximum Gasteiger partial charge on any atom is 0.332 e.